The molecule has 2 heterocycles. The molecule has 1 aliphatic heterocycles. The highest BCUT2D eigenvalue weighted by molar-refractivity contribution is 9.10. The summed E-state index contributed by atoms with van der Waals surface area (Å²) in [4.78, 5) is 24.9. The maximum absolute atomic E-state index is 12.2. The lowest BCUT2D eigenvalue weighted by atomic mass is 9.92. The minimum Gasteiger partial charge on any atom is -0.480 e. The highest BCUT2D eigenvalue weighted by Crippen LogP contribution is 2.27. The van der Waals surface area contributed by atoms with E-state index in [0.717, 1.165) is 6.42 Å². The molecule has 1 aromatic rings. The van der Waals surface area contributed by atoms with Crippen LogP contribution in [-0.4, -0.2) is 34.5 Å². The maximum Gasteiger partial charge on any atom is 0.326 e. The molecule has 1 fully saturated rings. The number of rotatable bonds is 2. The Morgan fingerprint density at radius 2 is 2.28 bits per heavy atom. The number of piperidine rings is 1. The van der Waals surface area contributed by atoms with Gasteiger partial charge < -0.3 is 14.4 Å². The molecule has 1 amide bonds. The Morgan fingerprint density at radius 3 is 2.83 bits per heavy atom. The second kappa shape index (κ2) is 5.14. The molecular weight excluding hydrogens is 302 g/mol. The SMILES string of the molecule is CC1CCN(C(=O)c2occc2Br)C(C(=O)O)C1. The molecule has 6 heteroatoms. The Balaban J connectivity index is 2.23. The fourth-order valence-electron chi connectivity index (χ4n) is 2.20. The summed E-state index contributed by atoms with van der Waals surface area (Å²) in [5, 5.41) is 9.21. The Morgan fingerprint density at radius 1 is 1.56 bits per heavy atom. The zero-order valence-corrected chi connectivity index (χ0v) is 11.5. The number of amides is 1. The quantitative estimate of drug-likeness (QED) is 0.909. The van der Waals surface area contributed by atoms with Crippen molar-refractivity contribution in [1.82, 2.24) is 4.90 Å². The van der Waals surface area contributed by atoms with Crippen molar-refractivity contribution in [1.29, 1.82) is 0 Å². The van der Waals surface area contributed by atoms with Gasteiger partial charge in [0.25, 0.3) is 5.91 Å². The molecule has 98 valence electrons. The molecule has 0 bridgehead atoms. The van der Waals surface area contributed by atoms with Gasteiger partial charge in [0.2, 0.25) is 5.76 Å². The number of aliphatic carboxylic acids is 1. The van der Waals surface area contributed by atoms with Crippen LogP contribution in [0.15, 0.2) is 21.2 Å². The normalized spacial score (nSPS) is 24.0. The van der Waals surface area contributed by atoms with Crippen molar-refractivity contribution in [2.75, 3.05) is 6.54 Å². The van der Waals surface area contributed by atoms with Crippen LogP contribution in [0.4, 0.5) is 0 Å². The first-order valence-corrected chi connectivity index (χ1v) is 6.56. The lowest BCUT2D eigenvalue weighted by Gasteiger charge is -2.35. The van der Waals surface area contributed by atoms with Crippen molar-refractivity contribution < 1.29 is 19.1 Å². The molecule has 0 saturated carbocycles. The van der Waals surface area contributed by atoms with Crippen LogP contribution in [0.3, 0.4) is 0 Å². The van der Waals surface area contributed by atoms with E-state index in [1.165, 1.54) is 11.2 Å². The topological polar surface area (TPSA) is 70.8 Å². The van der Waals surface area contributed by atoms with Crippen molar-refractivity contribution in [3.8, 4) is 0 Å². The molecule has 18 heavy (non-hydrogen) atoms. The number of carboxylic acids is 1. The van der Waals surface area contributed by atoms with Crippen molar-refractivity contribution in [3.63, 3.8) is 0 Å². The lowest BCUT2D eigenvalue weighted by Crippen LogP contribution is -2.49. The summed E-state index contributed by atoms with van der Waals surface area (Å²) in [6.45, 7) is 2.45. The number of hydrogen-bond acceptors (Lipinski definition) is 3. The van der Waals surface area contributed by atoms with E-state index in [-0.39, 0.29) is 11.7 Å². The number of carboxylic acid groups (broad SMARTS) is 1. The van der Waals surface area contributed by atoms with E-state index in [1.54, 1.807) is 6.07 Å². The van der Waals surface area contributed by atoms with Crippen molar-refractivity contribution in [2.45, 2.75) is 25.8 Å². The van der Waals surface area contributed by atoms with Crippen LogP contribution in [0.1, 0.15) is 30.3 Å². The van der Waals surface area contributed by atoms with E-state index >= 15 is 0 Å². The highest BCUT2D eigenvalue weighted by Gasteiger charge is 2.36. The Kier molecular flexibility index (Phi) is 3.75. The monoisotopic (exact) mass is 315 g/mol. The van der Waals surface area contributed by atoms with Gasteiger partial charge in [0.05, 0.1) is 10.7 Å². The van der Waals surface area contributed by atoms with Crippen LogP contribution in [-0.2, 0) is 4.79 Å². The Hall–Kier alpha value is -1.30. The Labute approximate surface area is 113 Å². The molecule has 0 aromatic carbocycles. The van der Waals surface area contributed by atoms with E-state index in [4.69, 9.17) is 4.42 Å². The summed E-state index contributed by atoms with van der Waals surface area (Å²) in [5.41, 5.74) is 0. The molecule has 5 nitrogen and oxygen atoms in total. The maximum atomic E-state index is 12.2. The summed E-state index contributed by atoms with van der Waals surface area (Å²) < 4.78 is 5.65. The molecule has 1 saturated heterocycles. The predicted octanol–water partition coefficient (Wildman–Crippen LogP) is 2.37. The smallest absolute Gasteiger partial charge is 0.326 e. The first-order chi connectivity index (χ1) is 8.50. The number of carbonyl (C=O) groups excluding carboxylic acids is 1. The average molecular weight is 316 g/mol. The van der Waals surface area contributed by atoms with Crippen LogP contribution >= 0.6 is 15.9 Å². The van der Waals surface area contributed by atoms with Crippen molar-refractivity contribution in [2.24, 2.45) is 5.92 Å². The van der Waals surface area contributed by atoms with Gasteiger partial charge in [-0.2, -0.15) is 0 Å². The first-order valence-electron chi connectivity index (χ1n) is 5.77. The second-order valence-corrected chi connectivity index (χ2v) is 5.43. The molecule has 2 atom stereocenters. The third-order valence-electron chi connectivity index (χ3n) is 3.22. The van der Waals surface area contributed by atoms with Crippen LogP contribution in [0.2, 0.25) is 0 Å². The molecule has 0 spiro atoms. The molecule has 0 radical (unpaired) electrons. The van der Waals surface area contributed by atoms with Gasteiger partial charge >= 0.3 is 5.97 Å². The zero-order chi connectivity index (χ0) is 13.3. The van der Waals surface area contributed by atoms with Crippen LogP contribution in [0.25, 0.3) is 0 Å². The molecular formula is C12H14BrNO4. The van der Waals surface area contributed by atoms with E-state index in [1.807, 2.05) is 6.92 Å². The van der Waals surface area contributed by atoms with E-state index in [2.05, 4.69) is 15.9 Å². The van der Waals surface area contributed by atoms with Gasteiger partial charge in [0.15, 0.2) is 0 Å². The number of hydrogen-bond donors (Lipinski definition) is 1. The third-order valence-corrected chi connectivity index (χ3v) is 3.85. The number of furan rings is 1. The largest absolute Gasteiger partial charge is 0.480 e. The van der Waals surface area contributed by atoms with Crippen LogP contribution in [0.5, 0.6) is 0 Å². The minimum atomic E-state index is -0.961. The van der Waals surface area contributed by atoms with Crippen LogP contribution < -0.4 is 0 Å². The molecule has 1 aromatic heterocycles. The molecule has 2 unspecified atom stereocenters. The van der Waals surface area contributed by atoms with Crippen LogP contribution in [0, 0.1) is 5.92 Å². The summed E-state index contributed by atoms with van der Waals surface area (Å²) >= 11 is 3.21. The second-order valence-electron chi connectivity index (χ2n) is 4.58. The van der Waals surface area contributed by atoms with Crippen molar-refractivity contribution in [3.05, 3.63) is 22.6 Å². The molecule has 1 aliphatic rings. The first kappa shape index (κ1) is 13.1. The summed E-state index contributed by atoms with van der Waals surface area (Å²) in [6, 6.07) is 0.855. The standard InChI is InChI=1S/C12H14BrNO4/c1-7-2-4-14(9(6-7)12(16)17)11(15)10-8(13)3-5-18-10/h3,5,7,9H,2,4,6H2,1H3,(H,16,17). The minimum absolute atomic E-state index is 0.163. The van der Waals surface area contributed by atoms with Gasteiger partial charge in [-0.25, -0.2) is 4.79 Å². The van der Waals surface area contributed by atoms with E-state index in [0.29, 0.717) is 23.4 Å². The van der Waals surface area contributed by atoms with Gasteiger partial charge in [-0.05, 0) is 40.8 Å². The molecule has 2 rings (SSSR count). The molecule has 1 N–H and O–H groups in total. The summed E-state index contributed by atoms with van der Waals surface area (Å²) in [6.07, 6.45) is 2.70. The Bertz CT molecular complexity index is 470. The third kappa shape index (κ3) is 2.43. The number of carbonyl (C=O) groups is 2. The lowest BCUT2D eigenvalue weighted by molar-refractivity contribution is -0.144. The van der Waals surface area contributed by atoms with E-state index < -0.39 is 12.0 Å². The van der Waals surface area contributed by atoms with Gasteiger partial charge in [0.1, 0.15) is 6.04 Å². The summed E-state index contributed by atoms with van der Waals surface area (Å²) in [7, 11) is 0. The number of likely N-dealkylation sites (tertiary alicyclic amines) is 1. The van der Waals surface area contributed by atoms with Gasteiger partial charge in [-0.1, -0.05) is 6.92 Å². The fourth-order valence-corrected chi connectivity index (χ4v) is 2.57. The van der Waals surface area contributed by atoms with Gasteiger partial charge in [0, 0.05) is 6.54 Å². The summed E-state index contributed by atoms with van der Waals surface area (Å²) in [5.74, 6) is -0.852. The van der Waals surface area contributed by atoms with Gasteiger partial charge in [-0.3, -0.25) is 4.79 Å². The number of halogens is 1. The van der Waals surface area contributed by atoms with E-state index in [9.17, 15) is 14.7 Å². The highest BCUT2D eigenvalue weighted by atomic mass is 79.9. The van der Waals surface area contributed by atoms with Crippen molar-refractivity contribution >= 4 is 27.8 Å². The van der Waals surface area contributed by atoms with Gasteiger partial charge in [-0.15, -0.1) is 0 Å². The number of nitrogens with zero attached hydrogens (tertiary/aromatic N) is 1. The average Bonchev–Trinajstić information content (AvgIpc) is 2.74. The molecule has 0 aliphatic carbocycles. The fraction of sp³-hybridized carbons (Fsp3) is 0.500. The zero-order valence-electron chi connectivity index (χ0n) is 9.93. The predicted molar refractivity (Wildman–Crippen MR) is 67.3 cm³/mol.